The third-order valence-electron chi connectivity index (χ3n) is 5.31. The number of nitrogens with zero attached hydrogens (tertiary/aromatic N) is 1. The summed E-state index contributed by atoms with van der Waals surface area (Å²) in [7, 11) is 5.85. The fourth-order valence-corrected chi connectivity index (χ4v) is 3.77. The van der Waals surface area contributed by atoms with Crippen molar-refractivity contribution in [1.82, 2.24) is 4.90 Å². The Labute approximate surface area is 162 Å². The van der Waals surface area contributed by atoms with Crippen molar-refractivity contribution < 1.29 is 9.53 Å². The lowest BCUT2D eigenvalue weighted by Gasteiger charge is -2.25. The summed E-state index contributed by atoms with van der Waals surface area (Å²) in [5.74, 6) is 1.27. The first kappa shape index (κ1) is 19.4. The molecule has 1 unspecified atom stereocenters. The summed E-state index contributed by atoms with van der Waals surface area (Å²) in [4.78, 5) is 14.7. The zero-order valence-corrected chi connectivity index (χ0v) is 16.6. The van der Waals surface area contributed by atoms with Crippen molar-refractivity contribution in [2.45, 2.75) is 38.0 Å². The van der Waals surface area contributed by atoms with Gasteiger partial charge in [0.25, 0.3) is 0 Å². The molecule has 2 aromatic carbocycles. The number of aryl methyl sites for hydroxylation is 1. The normalized spacial score (nSPS) is 16.1. The van der Waals surface area contributed by atoms with Crippen molar-refractivity contribution in [1.29, 1.82) is 0 Å². The average Bonchev–Trinajstić information content (AvgIpc) is 2.67. The second kappa shape index (κ2) is 9.05. The molecule has 0 fully saturated rings. The van der Waals surface area contributed by atoms with E-state index >= 15 is 0 Å². The number of carbonyl (C=O) groups is 1. The number of hydrogen-bond acceptors (Lipinski definition) is 3. The molecule has 0 aliphatic heterocycles. The molecule has 4 nitrogen and oxygen atoms in total. The lowest BCUT2D eigenvalue weighted by molar-refractivity contribution is -0.116. The van der Waals surface area contributed by atoms with Crippen molar-refractivity contribution in [3.05, 3.63) is 59.2 Å². The minimum Gasteiger partial charge on any atom is -0.497 e. The molecule has 0 saturated carbocycles. The Balaban J connectivity index is 1.58. The molecule has 0 bridgehead atoms. The quantitative estimate of drug-likeness (QED) is 0.796. The van der Waals surface area contributed by atoms with Crippen LogP contribution in [0.5, 0.6) is 5.75 Å². The largest absolute Gasteiger partial charge is 0.497 e. The number of anilines is 1. The maximum atomic E-state index is 12.6. The van der Waals surface area contributed by atoms with Gasteiger partial charge in [-0.2, -0.15) is 0 Å². The van der Waals surface area contributed by atoms with Gasteiger partial charge in [0, 0.05) is 18.7 Å². The van der Waals surface area contributed by atoms with E-state index in [1.807, 2.05) is 18.2 Å². The number of fused-ring (bicyclic) bond motifs is 1. The molecule has 1 atom stereocenters. The summed E-state index contributed by atoms with van der Waals surface area (Å²) < 4.78 is 5.33. The number of rotatable bonds is 7. The van der Waals surface area contributed by atoms with Gasteiger partial charge in [-0.1, -0.05) is 18.2 Å². The van der Waals surface area contributed by atoms with Gasteiger partial charge in [-0.05, 0) is 86.7 Å². The van der Waals surface area contributed by atoms with Gasteiger partial charge >= 0.3 is 0 Å². The average molecular weight is 367 g/mol. The Morgan fingerprint density at radius 1 is 1.19 bits per heavy atom. The lowest BCUT2D eigenvalue weighted by atomic mass is 9.81. The maximum Gasteiger partial charge on any atom is 0.224 e. The molecule has 27 heavy (non-hydrogen) atoms. The van der Waals surface area contributed by atoms with Gasteiger partial charge in [0.1, 0.15) is 5.75 Å². The maximum absolute atomic E-state index is 12.6. The molecular weight excluding hydrogens is 336 g/mol. The molecule has 0 radical (unpaired) electrons. The Morgan fingerprint density at radius 3 is 2.67 bits per heavy atom. The highest BCUT2D eigenvalue weighted by Crippen LogP contribution is 2.36. The third kappa shape index (κ3) is 5.33. The van der Waals surface area contributed by atoms with Gasteiger partial charge in [-0.15, -0.1) is 0 Å². The number of ether oxygens (including phenoxy) is 1. The lowest BCUT2D eigenvalue weighted by Crippen LogP contribution is -2.19. The summed E-state index contributed by atoms with van der Waals surface area (Å²) >= 11 is 0. The Kier molecular flexibility index (Phi) is 6.51. The minimum absolute atomic E-state index is 0.0877. The molecule has 1 aliphatic carbocycles. The highest BCUT2D eigenvalue weighted by molar-refractivity contribution is 5.91. The molecule has 0 spiro atoms. The van der Waals surface area contributed by atoms with Gasteiger partial charge in [-0.3, -0.25) is 4.79 Å². The Bertz CT molecular complexity index is 768. The van der Waals surface area contributed by atoms with E-state index in [-0.39, 0.29) is 5.91 Å². The van der Waals surface area contributed by atoms with Gasteiger partial charge in [0.15, 0.2) is 0 Å². The molecule has 2 aromatic rings. The highest BCUT2D eigenvalue weighted by atomic mass is 16.5. The zero-order valence-electron chi connectivity index (χ0n) is 16.6. The van der Waals surface area contributed by atoms with Gasteiger partial charge in [0.2, 0.25) is 5.91 Å². The number of methoxy groups -OCH3 is 1. The van der Waals surface area contributed by atoms with Crippen LogP contribution >= 0.6 is 0 Å². The van der Waals surface area contributed by atoms with Crippen LogP contribution in [0.3, 0.4) is 0 Å². The van der Waals surface area contributed by atoms with Crippen LogP contribution < -0.4 is 10.1 Å². The molecule has 0 heterocycles. The summed E-state index contributed by atoms with van der Waals surface area (Å²) in [6.45, 7) is 1.03. The van der Waals surface area contributed by atoms with E-state index in [4.69, 9.17) is 4.74 Å². The molecule has 0 aromatic heterocycles. The third-order valence-corrected chi connectivity index (χ3v) is 5.31. The van der Waals surface area contributed by atoms with E-state index in [2.05, 4.69) is 48.6 Å². The van der Waals surface area contributed by atoms with Crippen LogP contribution in [0.4, 0.5) is 5.69 Å². The summed E-state index contributed by atoms with van der Waals surface area (Å²) in [5, 5.41) is 3.06. The van der Waals surface area contributed by atoms with Gasteiger partial charge in [0.05, 0.1) is 7.11 Å². The fraction of sp³-hybridized carbons (Fsp3) is 0.435. The SMILES string of the molecule is COc1ccc2c(c1)CCCC2CC(=O)Nc1ccc(CCN(C)C)cc1. The summed E-state index contributed by atoms with van der Waals surface area (Å²) in [6.07, 6.45) is 4.80. The zero-order chi connectivity index (χ0) is 19.2. The minimum atomic E-state index is 0.0877. The number of hydrogen-bond donors (Lipinski definition) is 1. The van der Waals surface area contributed by atoms with Crippen molar-refractivity contribution in [3.8, 4) is 5.75 Å². The molecule has 1 N–H and O–H groups in total. The smallest absolute Gasteiger partial charge is 0.224 e. The number of amides is 1. The first-order chi connectivity index (χ1) is 13.0. The second-order valence-corrected chi connectivity index (χ2v) is 7.66. The molecule has 144 valence electrons. The first-order valence-corrected chi connectivity index (χ1v) is 9.75. The Hall–Kier alpha value is -2.33. The van der Waals surface area contributed by atoms with Crippen LogP contribution in [0.1, 0.15) is 41.9 Å². The second-order valence-electron chi connectivity index (χ2n) is 7.66. The Morgan fingerprint density at radius 2 is 1.96 bits per heavy atom. The topological polar surface area (TPSA) is 41.6 Å². The van der Waals surface area contributed by atoms with Crippen LogP contribution in [-0.2, 0) is 17.6 Å². The van der Waals surface area contributed by atoms with Crippen LogP contribution in [0.2, 0.25) is 0 Å². The van der Waals surface area contributed by atoms with E-state index in [0.29, 0.717) is 12.3 Å². The molecule has 1 amide bonds. The van der Waals surface area contributed by atoms with Gasteiger partial charge in [-0.25, -0.2) is 0 Å². The number of nitrogens with one attached hydrogen (secondary N) is 1. The predicted molar refractivity (Wildman–Crippen MR) is 111 cm³/mol. The number of likely N-dealkylation sites (N-methyl/N-ethyl adjacent to an activating group) is 1. The summed E-state index contributed by atoms with van der Waals surface area (Å²) in [5.41, 5.74) is 4.79. The summed E-state index contributed by atoms with van der Waals surface area (Å²) in [6, 6.07) is 14.5. The van der Waals surface area contributed by atoms with E-state index in [1.165, 1.54) is 16.7 Å². The van der Waals surface area contributed by atoms with Crippen molar-refractivity contribution in [3.63, 3.8) is 0 Å². The van der Waals surface area contributed by atoms with Crippen molar-refractivity contribution >= 4 is 11.6 Å². The van der Waals surface area contributed by atoms with E-state index < -0.39 is 0 Å². The fourth-order valence-electron chi connectivity index (χ4n) is 3.77. The molecule has 0 saturated heterocycles. The predicted octanol–water partition coefficient (Wildman–Crippen LogP) is 4.25. The highest BCUT2D eigenvalue weighted by Gasteiger charge is 2.23. The van der Waals surface area contributed by atoms with Crippen LogP contribution in [-0.4, -0.2) is 38.6 Å². The number of carbonyl (C=O) groups excluding carboxylic acids is 1. The monoisotopic (exact) mass is 366 g/mol. The van der Waals surface area contributed by atoms with Crippen LogP contribution in [0, 0.1) is 0 Å². The van der Waals surface area contributed by atoms with Gasteiger partial charge < -0.3 is 15.0 Å². The first-order valence-electron chi connectivity index (χ1n) is 9.75. The molecule has 4 heteroatoms. The number of benzene rings is 2. The van der Waals surface area contributed by atoms with Crippen LogP contribution in [0.15, 0.2) is 42.5 Å². The van der Waals surface area contributed by atoms with Crippen molar-refractivity contribution in [2.24, 2.45) is 0 Å². The van der Waals surface area contributed by atoms with E-state index in [0.717, 1.165) is 43.7 Å². The van der Waals surface area contributed by atoms with Crippen LogP contribution in [0.25, 0.3) is 0 Å². The van der Waals surface area contributed by atoms with Crippen molar-refractivity contribution in [2.75, 3.05) is 33.1 Å². The van der Waals surface area contributed by atoms with E-state index in [1.54, 1.807) is 7.11 Å². The van der Waals surface area contributed by atoms with E-state index in [9.17, 15) is 4.79 Å². The molecular formula is C23H30N2O2. The molecule has 1 aliphatic rings. The standard InChI is InChI=1S/C23H30N2O2/c1-25(2)14-13-17-7-9-20(10-8-17)24-23(26)16-19-6-4-5-18-15-21(27-3)11-12-22(18)19/h7-12,15,19H,4-6,13-14,16H2,1-3H3,(H,24,26). The molecule has 3 rings (SSSR count).